The first kappa shape index (κ1) is 14.3. The molecule has 2 saturated carbocycles. The molecule has 0 heterocycles. The average Bonchev–Trinajstić information content (AvgIpc) is 2.33. The van der Waals surface area contributed by atoms with Gasteiger partial charge in [0.2, 0.25) is 0 Å². The minimum atomic E-state index is 0.576. The number of hydrogen-bond acceptors (Lipinski definition) is 2. The van der Waals surface area contributed by atoms with Gasteiger partial charge >= 0.3 is 0 Å². The highest BCUT2D eigenvalue weighted by atomic mass is 15.1. The Labute approximate surface area is 114 Å². The quantitative estimate of drug-likeness (QED) is 0.748. The van der Waals surface area contributed by atoms with Crippen molar-refractivity contribution in [2.75, 3.05) is 33.2 Å². The van der Waals surface area contributed by atoms with Gasteiger partial charge in [-0.2, -0.15) is 0 Å². The zero-order valence-electron chi connectivity index (χ0n) is 12.5. The lowest BCUT2D eigenvalue weighted by Gasteiger charge is -2.42. The van der Waals surface area contributed by atoms with Gasteiger partial charge in [-0.05, 0) is 50.6 Å². The lowest BCUT2D eigenvalue weighted by atomic mass is 9.73. The number of rotatable bonds is 7. The van der Waals surface area contributed by atoms with Crippen LogP contribution in [-0.2, 0) is 0 Å². The fourth-order valence-corrected chi connectivity index (χ4v) is 3.89. The summed E-state index contributed by atoms with van der Waals surface area (Å²) in [5.41, 5.74) is 0.576. The van der Waals surface area contributed by atoms with Gasteiger partial charge in [0.1, 0.15) is 0 Å². The summed E-state index contributed by atoms with van der Waals surface area (Å²) in [5.74, 6) is 1.01. The third-order valence-electron chi connectivity index (χ3n) is 5.21. The van der Waals surface area contributed by atoms with E-state index >= 15 is 0 Å². The van der Waals surface area contributed by atoms with E-state index in [9.17, 15) is 0 Å². The van der Waals surface area contributed by atoms with Crippen molar-refractivity contribution >= 4 is 0 Å². The van der Waals surface area contributed by atoms with E-state index in [0.29, 0.717) is 5.41 Å². The number of nitrogens with one attached hydrogen (secondary N) is 1. The lowest BCUT2D eigenvalue weighted by molar-refractivity contribution is 0.0845. The zero-order chi connectivity index (χ0) is 12.8. The summed E-state index contributed by atoms with van der Waals surface area (Å²) < 4.78 is 0. The standard InChI is InChI=1S/C16H32N2/c1-3-18(12-15-8-7-9-15)14-16(13-17-2)10-5-4-6-11-16/h15,17H,3-14H2,1-2H3. The first-order valence-corrected chi connectivity index (χ1v) is 8.15. The molecular formula is C16H32N2. The molecule has 2 nitrogen and oxygen atoms in total. The van der Waals surface area contributed by atoms with Gasteiger partial charge in [-0.15, -0.1) is 0 Å². The van der Waals surface area contributed by atoms with E-state index in [1.54, 1.807) is 0 Å². The van der Waals surface area contributed by atoms with Crippen LogP contribution in [0, 0.1) is 11.3 Å². The lowest BCUT2D eigenvalue weighted by Crippen LogP contribution is -2.46. The van der Waals surface area contributed by atoms with E-state index in [-0.39, 0.29) is 0 Å². The van der Waals surface area contributed by atoms with E-state index in [0.717, 1.165) is 5.92 Å². The predicted molar refractivity (Wildman–Crippen MR) is 78.9 cm³/mol. The summed E-state index contributed by atoms with van der Waals surface area (Å²) in [6.45, 7) is 7.49. The largest absolute Gasteiger partial charge is 0.319 e. The molecule has 2 heteroatoms. The topological polar surface area (TPSA) is 15.3 Å². The van der Waals surface area contributed by atoms with Gasteiger partial charge in [-0.25, -0.2) is 0 Å². The SMILES string of the molecule is CCN(CC1CCC1)CC1(CNC)CCCCC1. The molecule has 106 valence electrons. The second-order valence-corrected chi connectivity index (χ2v) is 6.72. The number of nitrogens with zero attached hydrogens (tertiary/aromatic N) is 1. The smallest absolute Gasteiger partial charge is 0.00501 e. The highest BCUT2D eigenvalue weighted by Gasteiger charge is 2.33. The molecule has 2 aliphatic rings. The van der Waals surface area contributed by atoms with Gasteiger partial charge in [0, 0.05) is 19.6 Å². The van der Waals surface area contributed by atoms with E-state index in [2.05, 4.69) is 24.2 Å². The third kappa shape index (κ3) is 3.71. The molecule has 0 unspecified atom stereocenters. The van der Waals surface area contributed by atoms with Crippen molar-refractivity contribution in [1.29, 1.82) is 0 Å². The van der Waals surface area contributed by atoms with Crippen LogP contribution in [-0.4, -0.2) is 38.1 Å². The molecule has 2 fully saturated rings. The molecule has 2 rings (SSSR count). The molecule has 1 N–H and O–H groups in total. The van der Waals surface area contributed by atoms with Gasteiger partial charge in [-0.3, -0.25) is 0 Å². The monoisotopic (exact) mass is 252 g/mol. The van der Waals surface area contributed by atoms with Crippen LogP contribution >= 0.6 is 0 Å². The predicted octanol–water partition coefficient (Wildman–Crippen LogP) is 3.28. The molecule has 0 spiro atoms. The second kappa shape index (κ2) is 6.91. The molecule has 0 aromatic rings. The summed E-state index contributed by atoms with van der Waals surface area (Å²) in [6, 6.07) is 0. The van der Waals surface area contributed by atoms with Crippen LogP contribution in [0.15, 0.2) is 0 Å². The zero-order valence-corrected chi connectivity index (χ0v) is 12.5. The van der Waals surface area contributed by atoms with Crippen molar-refractivity contribution in [3.63, 3.8) is 0 Å². The van der Waals surface area contributed by atoms with Gasteiger partial charge < -0.3 is 10.2 Å². The van der Waals surface area contributed by atoms with E-state index in [1.165, 1.54) is 77.5 Å². The van der Waals surface area contributed by atoms with Gasteiger partial charge in [0.15, 0.2) is 0 Å². The van der Waals surface area contributed by atoms with Crippen LogP contribution in [0.5, 0.6) is 0 Å². The fraction of sp³-hybridized carbons (Fsp3) is 1.00. The first-order valence-electron chi connectivity index (χ1n) is 8.15. The highest BCUT2D eigenvalue weighted by molar-refractivity contribution is 4.88. The highest BCUT2D eigenvalue weighted by Crippen LogP contribution is 2.37. The normalized spacial score (nSPS) is 24.2. The Morgan fingerprint density at radius 1 is 1.11 bits per heavy atom. The minimum absolute atomic E-state index is 0.576. The fourth-order valence-electron chi connectivity index (χ4n) is 3.89. The van der Waals surface area contributed by atoms with Crippen molar-refractivity contribution < 1.29 is 0 Å². The second-order valence-electron chi connectivity index (χ2n) is 6.72. The van der Waals surface area contributed by atoms with E-state index < -0.39 is 0 Å². The maximum absolute atomic E-state index is 3.46. The van der Waals surface area contributed by atoms with Crippen LogP contribution in [0.4, 0.5) is 0 Å². The Hall–Kier alpha value is -0.0800. The Morgan fingerprint density at radius 3 is 2.33 bits per heavy atom. The first-order chi connectivity index (χ1) is 8.78. The van der Waals surface area contributed by atoms with Gasteiger partial charge in [-0.1, -0.05) is 32.6 Å². The van der Waals surface area contributed by atoms with Gasteiger partial charge in [0.05, 0.1) is 0 Å². The summed E-state index contributed by atoms with van der Waals surface area (Å²) in [6.07, 6.45) is 11.7. The summed E-state index contributed by atoms with van der Waals surface area (Å²) in [4.78, 5) is 2.74. The molecule has 0 aliphatic heterocycles. The molecule has 0 radical (unpaired) electrons. The molecule has 0 saturated heterocycles. The Bertz CT molecular complexity index is 224. The van der Waals surface area contributed by atoms with Crippen molar-refractivity contribution in [1.82, 2.24) is 10.2 Å². The van der Waals surface area contributed by atoms with Crippen LogP contribution in [0.3, 0.4) is 0 Å². The van der Waals surface area contributed by atoms with Crippen LogP contribution in [0.1, 0.15) is 58.3 Å². The molecule has 0 amide bonds. The third-order valence-corrected chi connectivity index (χ3v) is 5.21. The van der Waals surface area contributed by atoms with Crippen LogP contribution in [0.2, 0.25) is 0 Å². The van der Waals surface area contributed by atoms with Crippen LogP contribution in [0.25, 0.3) is 0 Å². The maximum atomic E-state index is 3.46. The summed E-state index contributed by atoms with van der Waals surface area (Å²) in [7, 11) is 2.12. The van der Waals surface area contributed by atoms with Crippen molar-refractivity contribution in [2.24, 2.45) is 11.3 Å². The Kier molecular flexibility index (Phi) is 5.50. The number of hydrogen-bond donors (Lipinski definition) is 1. The Morgan fingerprint density at radius 2 is 1.83 bits per heavy atom. The Balaban J connectivity index is 1.87. The van der Waals surface area contributed by atoms with Crippen molar-refractivity contribution in [2.45, 2.75) is 58.3 Å². The van der Waals surface area contributed by atoms with E-state index in [1.807, 2.05) is 0 Å². The molecular weight excluding hydrogens is 220 g/mol. The average molecular weight is 252 g/mol. The maximum Gasteiger partial charge on any atom is 0.00501 e. The van der Waals surface area contributed by atoms with E-state index in [4.69, 9.17) is 0 Å². The van der Waals surface area contributed by atoms with Gasteiger partial charge in [0.25, 0.3) is 0 Å². The molecule has 0 aromatic carbocycles. The molecule has 0 aromatic heterocycles. The van der Waals surface area contributed by atoms with Crippen molar-refractivity contribution in [3.8, 4) is 0 Å². The van der Waals surface area contributed by atoms with Crippen LogP contribution < -0.4 is 5.32 Å². The molecule has 18 heavy (non-hydrogen) atoms. The molecule has 0 atom stereocenters. The molecule has 2 aliphatic carbocycles. The van der Waals surface area contributed by atoms with Crippen molar-refractivity contribution in [3.05, 3.63) is 0 Å². The minimum Gasteiger partial charge on any atom is -0.319 e. The summed E-state index contributed by atoms with van der Waals surface area (Å²) in [5, 5.41) is 3.46. The molecule has 0 bridgehead atoms. The summed E-state index contributed by atoms with van der Waals surface area (Å²) >= 11 is 0.